The maximum atomic E-state index is 12.4. The SMILES string of the molecule is Cn1cc(C(=O)N2CCC(c3ccccc3Br)CC2)cn1. The van der Waals surface area contributed by atoms with Crippen molar-refractivity contribution in [2.24, 2.45) is 7.05 Å². The van der Waals surface area contributed by atoms with Gasteiger partial charge in [0.2, 0.25) is 0 Å². The Labute approximate surface area is 132 Å². The average Bonchev–Trinajstić information content (AvgIpc) is 2.94. The van der Waals surface area contributed by atoms with Gasteiger partial charge in [0.15, 0.2) is 0 Å². The predicted molar refractivity (Wildman–Crippen MR) is 85.2 cm³/mol. The van der Waals surface area contributed by atoms with E-state index < -0.39 is 0 Å². The summed E-state index contributed by atoms with van der Waals surface area (Å²) in [6.07, 6.45) is 5.44. The van der Waals surface area contributed by atoms with Gasteiger partial charge in [0, 0.05) is 30.8 Å². The highest BCUT2D eigenvalue weighted by atomic mass is 79.9. The number of benzene rings is 1. The van der Waals surface area contributed by atoms with Gasteiger partial charge < -0.3 is 4.90 Å². The van der Waals surface area contributed by atoms with E-state index in [9.17, 15) is 4.79 Å². The van der Waals surface area contributed by atoms with Crippen LogP contribution in [-0.2, 0) is 7.05 Å². The maximum Gasteiger partial charge on any atom is 0.257 e. The summed E-state index contributed by atoms with van der Waals surface area (Å²) in [5.74, 6) is 0.618. The fraction of sp³-hybridized carbons (Fsp3) is 0.375. The van der Waals surface area contributed by atoms with E-state index in [0.29, 0.717) is 11.5 Å². The Hall–Kier alpha value is -1.62. The molecule has 1 fully saturated rings. The van der Waals surface area contributed by atoms with E-state index in [1.54, 1.807) is 17.1 Å². The third-order valence-electron chi connectivity index (χ3n) is 4.08. The van der Waals surface area contributed by atoms with Crippen LogP contribution < -0.4 is 0 Å². The normalized spacial score (nSPS) is 16.2. The van der Waals surface area contributed by atoms with Gasteiger partial charge in [-0.25, -0.2) is 0 Å². The summed E-state index contributed by atoms with van der Waals surface area (Å²) in [5.41, 5.74) is 2.03. The lowest BCUT2D eigenvalue weighted by Gasteiger charge is -2.32. The Morgan fingerprint density at radius 2 is 2.00 bits per heavy atom. The number of likely N-dealkylation sites (tertiary alicyclic amines) is 1. The maximum absolute atomic E-state index is 12.4. The monoisotopic (exact) mass is 347 g/mol. The van der Waals surface area contributed by atoms with Crippen LogP contribution in [0.3, 0.4) is 0 Å². The molecule has 3 rings (SSSR count). The van der Waals surface area contributed by atoms with E-state index in [1.165, 1.54) is 10.0 Å². The molecule has 2 aromatic rings. The van der Waals surface area contributed by atoms with Gasteiger partial charge in [0.1, 0.15) is 0 Å². The molecular weight excluding hydrogens is 330 g/mol. The molecule has 21 heavy (non-hydrogen) atoms. The number of hydrogen-bond donors (Lipinski definition) is 0. The Bertz CT molecular complexity index is 644. The second-order valence-corrected chi connectivity index (χ2v) is 6.35. The van der Waals surface area contributed by atoms with Crippen LogP contribution in [0.15, 0.2) is 41.1 Å². The highest BCUT2D eigenvalue weighted by Gasteiger charge is 2.25. The van der Waals surface area contributed by atoms with E-state index in [2.05, 4.69) is 39.2 Å². The fourth-order valence-electron chi connectivity index (χ4n) is 2.91. The molecule has 0 bridgehead atoms. The molecule has 5 heteroatoms. The van der Waals surface area contributed by atoms with E-state index in [1.807, 2.05) is 18.0 Å². The highest BCUT2D eigenvalue weighted by molar-refractivity contribution is 9.10. The van der Waals surface area contributed by atoms with E-state index in [-0.39, 0.29) is 5.91 Å². The van der Waals surface area contributed by atoms with Crippen molar-refractivity contribution < 1.29 is 4.79 Å². The molecule has 0 spiro atoms. The summed E-state index contributed by atoms with van der Waals surface area (Å²) >= 11 is 3.62. The van der Waals surface area contributed by atoms with Gasteiger partial charge in [-0.2, -0.15) is 5.10 Å². The number of piperidine rings is 1. The van der Waals surface area contributed by atoms with Crippen LogP contribution in [0.5, 0.6) is 0 Å². The number of aryl methyl sites for hydroxylation is 1. The van der Waals surface area contributed by atoms with Crippen molar-refractivity contribution in [3.05, 3.63) is 52.3 Å². The lowest BCUT2D eigenvalue weighted by molar-refractivity contribution is 0.0713. The number of halogens is 1. The van der Waals surface area contributed by atoms with E-state index in [4.69, 9.17) is 0 Å². The zero-order valence-electron chi connectivity index (χ0n) is 12.0. The lowest BCUT2D eigenvalue weighted by Crippen LogP contribution is -2.37. The van der Waals surface area contributed by atoms with Crippen LogP contribution in [0.1, 0.15) is 34.7 Å². The molecule has 1 aromatic heterocycles. The van der Waals surface area contributed by atoms with Crippen molar-refractivity contribution in [1.82, 2.24) is 14.7 Å². The predicted octanol–water partition coefficient (Wildman–Crippen LogP) is 3.20. The molecule has 110 valence electrons. The Morgan fingerprint density at radius 3 is 2.62 bits per heavy atom. The summed E-state index contributed by atoms with van der Waals surface area (Å²) in [5, 5.41) is 4.07. The van der Waals surface area contributed by atoms with Crippen LogP contribution in [0.4, 0.5) is 0 Å². The molecule has 1 aliphatic heterocycles. The number of aromatic nitrogens is 2. The third kappa shape index (κ3) is 3.02. The van der Waals surface area contributed by atoms with Gasteiger partial charge in [-0.1, -0.05) is 34.1 Å². The van der Waals surface area contributed by atoms with E-state index >= 15 is 0 Å². The van der Waals surface area contributed by atoms with Crippen molar-refractivity contribution in [2.75, 3.05) is 13.1 Å². The van der Waals surface area contributed by atoms with Crippen molar-refractivity contribution in [3.63, 3.8) is 0 Å². The standard InChI is InChI=1S/C16H18BrN3O/c1-19-11-13(10-18-19)16(21)20-8-6-12(7-9-20)14-4-2-3-5-15(14)17/h2-5,10-12H,6-9H2,1H3. The number of hydrogen-bond acceptors (Lipinski definition) is 2. The van der Waals surface area contributed by atoms with E-state index in [0.717, 1.165) is 25.9 Å². The van der Waals surface area contributed by atoms with Crippen molar-refractivity contribution >= 4 is 21.8 Å². The van der Waals surface area contributed by atoms with Crippen LogP contribution in [0.25, 0.3) is 0 Å². The fourth-order valence-corrected chi connectivity index (χ4v) is 3.52. The van der Waals surface area contributed by atoms with Crippen molar-refractivity contribution in [3.8, 4) is 0 Å². The van der Waals surface area contributed by atoms with Gasteiger partial charge in [-0.3, -0.25) is 9.48 Å². The molecule has 1 saturated heterocycles. The number of amides is 1. The smallest absolute Gasteiger partial charge is 0.257 e. The zero-order valence-corrected chi connectivity index (χ0v) is 13.6. The van der Waals surface area contributed by atoms with Crippen molar-refractivity contribution in [2.45, 2.75) is 18.8 Å². The molecule has 0 N–H and O–H groups in total. The molecule has 1 aromatic carbocycles. The Morgan fingerprint density at radius 1 is 1.29 bits per heavy atom. The number of rotatable bonds is 2. The first kappa shape index (κ1) is 14.3. The van der Waals surface area contributed by atoms with Gasteiger partial charge >= 0.3 is 0 Å². The average molecular weight is 348 g/mol. The molecular formula is C16H18BrN3O. The highest BCUT2D eigenvalue weighted by Crippen LogP contribution is 2.33. The lowest BCUT2D eigenvalue weighted by atomic mass is 9.89. The van der Waals surface area contributed by atoms with Crippen LogP contribution in [0, 0.1) is 0 Å². The molecule has 0 atom stereocenters. The van der Waals surface area contributed by atoms with Crippen LogP contribution in [-0.4, -0.2) is 33.7 Å². The third-order valence-corrected chi connectivity index (χ3v) is 4.80. The Balaban J connectivity index is 1.65. The minimum atomic E-state index is 0.0914. The largest absolute Gasteiger partial charge is 0.339 e. The first-order valence-corrected chi connectivity index (χ1v) is 7.97. The summed E-state index contributed by atoms with van der Waals surface area (Å²) < 4.78 is 2.84. The number of carbonyl (C=O) groups excluding carboxylic acids is 1. The minimum Gasteiger partial charge on any atom is -0.339 e. The van der Waals surface area contributed by atoms with Gasteiger partial charge in [-0.15, -0.1) is 0 Å². The molecule has 1 aliphatic rings. The summed E-state index contributed by atoms with van der Waals surface area (Å²) in [6, 6.07) is 8.37. The zero-order chi connectivity index (χ0) is 14.8. The molecule has 0 saturated carbocycles. The molecule has 0 radical (unpaired) electrons. The van der Waals surface area contributed by atoms with Gasteiger partial charge in [0.25, 0.3) is 5.91 Å². The molecule has 2 heterocycles. The second-order valence-electron chi connectivity index (χ2n) is 5.49. The first-order valence-electron chi connectivity index (χ1n) is 7.17. The molecule has 1 amide bonds. The number of carbonyl (C=O) groups is 1. The number of nitrogens with zero attached hydrogens (tertiary/aromatic N) is 3. The first-order chi connectivity index (χ1) is 10.1. The summed E-state index contributed by atoms with van der Waals surface area (Å²) in [4.78, 5) is 14.3. The molecule has 0 unspecified atom stereocenters. The second kappa shape index (κ2) is 6.02. The topological polar surface area (TPSA) is 38.1 Å². The quantitative estimate of drug-likeness (QED) is 0.836. The summed E-state index contributed by atoms with van der Waals surface area (Å²) in [6.45, 7) is 1.61. The van der Waals surface area contributed by atoms with Crippen LogP contribution >= 0.6 is 15.9 Å². The van der Waals surface area contributed by atoms with Crippen molar-refractivity contribution in [1.29, 1.82) is 0 Å². The molecule has 4 nitrogen and oxygen atoms in total. The van der Waals surface area contributed by atoms with Gasteiger partial charge in [-0.05, 0) is 30.4 Å². The summed E-state index contributed by atoms with van der Waals surface area (Å²) in [7, 11) is 1.83. The minimum absolute atomic E-state index is 0.0914. The molecule has 0 aliphatic carbocycles. The van der Waals surface area contributed by atoms with Crippen LogP contribution in [0.2, 0.25) is 0 Å². The Kier molecular flexibility index (Phi) is 4.10. The van der Waals surface area contributed by atoms with Gasteiger partial charge in [0.05, 0.1) is 11.8 Å².